The normalized spacial score (nSPS) is 10.7. The number of carbonyl (C=O) groups excluding carboxylic acids is 2. The van der Waals surface area contributed by atoms with Crippen LogP contribution >= 0.6 is 0 Å². The van der Waals surface area contributed by atoms with Crippen molar-refractivity contribution < 1.29 is 19.1 Å². The predicted molar refractivity (Wildman–Crippen MR) is 114 cm³/mol. The van der Waals surface area contributed by atoms with Gasteiger partial charge in [-0.2, -0.15) is 0 Å². The second-order valence-electron chi connectivity index (χ2n) is 6.93. The largest absolute Gasteiger partial charge is 0.489 e. The average Bonchev–Trinajstić information content (AvgIpc) is 2.75. The van der Waals surface area contributed by atoms with Crippen LogP contribution in [0.2, 0.25) is 0 Å². The number of hydrogen-bond donors (Lipinski definition) is 0. The number of ether oxygens (including phenoxy) is 2. The molecule has 0 aliphatic heterocycles. The van der Waals surface area contributed by atoms with E-state index in [2.05, 4.69) is 0 Å². The zero-order valence-corrected chi connectivity index (χ0v) is 16.7. The van der Waals surface area contributed by atoms with Crippen molar-refractivity contribution in [3.05, 3.63) is 77.9 Å². The van der Waals surface area contributed by atoms with E-state index < -0.39 is 0 Å². The number of Topliss-reactive ketones (excluding diaryl/α,β-unsaturated/α-hetero) is 1. The van der Waals surface area contributed by atoms with Crippen molar-refractivity contribution in [1.82, 2.24) is 0 Å². The summed E-state index contributed by atoms with van der Waals surface area (Å²) in [5, 5.41) is 2.05. The highest BCUT2D eigenvalue weighted by molar-refractivity contribution is 6.00. The van der Waals surface area contributed by atoms with Crippen LogP contribution in [0.15, 0.2) is 66.7 Å². The third kappa shape index (κ3) is 6.18. The lowest BCUT2D eigenvalue weighted by molar-refractivity contribution is -0.143. The fourth-order valence-corrected chi connectivity index (χ4v) is 3.16. The summed E-state index contributed by atoms with van der Waals surface area (Å²) in [5.74, 6) is 0.704. The van der Waals surface area contributed by atoms with E-state index in [0.717, 1.165) is 22.1 Å². The maximum absolute atomic E-state index is 12.4. The van der Waals surface area contributed by atoms with Gasteiger partial charge in [0.15, 0.2) is 5.78 Å². The van der Waals surface area contributed by atoms with Gasteiger partial charge >= 0.3 is 5.97 Å². The molecule has 29 heavy (non-hydrogen) atoms. The Bertz CT molecular complexity index is 963. The van der Waals surface area contributed by atoms with Crippen LogP contribution in [-0.2, 0) is 16.1 Å². The first-order chi connectivity index (χ1) is 14.2. The first-order valence-electron chi connectivity index (χ1n) is 10.0. The van der Waals surface area contributed by atoms with E-state index in [0.29, 0.717) is 44.5 Å². The second-order valence-corrected chi connectivity index (χ2v) is 6.93. The second kappa shape index (κ2) is 10.4. The summed E-state index contributed by atoms with van der Waals surface area (Å²) in [4.78, 5) is 23.8. The Balaban J connectivity index is 1.55. The third-order valence-corrected chi connectivity index (χ3v) is 4.72. The Labute approximate surface area is 171 Å². The summed E-state index contributed by atoms with van der Waals surface area (Å²) >= 11 is 0. The molecule has 0 heterocycles. The van der Waals surface area contributed by atoms with Crippen molar-refractivity contribution in [3.63, 3.8) is 0 Å². The molecule has 0 aliphatic carbocycles. The summed E-state index contributed by atoms with van der Waals surface area (Å²) in [6.45, 7) is 2.71. The van der Waals surface area contributed by atoms with Crippen LogP contribution in [-0.4, -0.2) is 18.4 Å². The van der Waals surface area contributed by atoms with Crippen molar-refractivity contribution in [3.8, 4) is 5.75 Å². The highest BCUT2D eigenvalue weighted by Crippen LogP contribution is 2.23. The van der Waals surface area contributed by atoms with Crippen molar-refractivity contribution in [2.24, 2.45) is 0 Å². The van der Waals surface area contributed by atoms with Crippen molar-refractivity contribution >= 4 is 22.5 Å². The molecule has 3 aromatic rings. The van der Waals surface area contributed by atoms with Crippen LogP contribution in [0.5, 0.6) is 5.75 Å². The topological polar surface area (TPSA) is 52.6 Å². The summed E-state index contributed by atoms with van der Waals surface area (Å²) in [7, 11) is 0. The first-order valence-corrected chi connectivity index (χ1v) is 10.0. The number of benzene rings is 3. The molecule has 3 rings (SSSR count). The number of rotatable bonds is 10. The Kier molecular flexibility index (Phi) is 7.40. The SMILES string of the molecule is CCOC(=O)CCCCC(=O)c1ccc2cc(OCc3ccccc3)ccc2c1. The van der Waals surface area contributed by atoms with Crippen LogP contribution in [0.3, 0.4) is 0 Å². The molecule has 0 radical (unpaired) electrons. The number of ketones is 1. The van der Waals surface area contributed by atoms with Crippen LogP contribution in [0.1, 0.15) is 48.5 Å². The van der Waals surface area contributed by atoms with Gasteiger partial charge in [0.2, 0.25) is 0 Å². The molecule has 0 saturated carbocycles. The predicted octanol–water partition coefficient (Wildman–Crippen LogP) is 5.73. The number of unbranched alkanes of at least 4 members (excludes halogenated alkanes) is 1. The summed E-state index contributed by atoms with van der Waals surface area (Å²) < 4.78 is 10.8. The molecular weight excluding hydrogens is 364 g/mol. The maximum Gasteiger partial charge on any atom is 0.305 e. The molecular formula is C25H26O4. The van der Waals surface area contributed by atoms with E-state index in [-0.39, 0.29) is 11.8 Å². The molecule has 4 nitrogen and oxygen atoms in total. The molecule has 150 valence electrons. The van der Waals surface area contributed by atoms with Crippen LogP contribution in [0.4, 0.5) is 0 Å². The summed E-state index contributed by atoms with van der Waals surface area (Å²) in [6.07, 6.45) is 2.15. The molecule has 0 atom stereocenters. The van der Waals surface area contributed by atoms with Gasteiger partial charge in [-0.25, -0.2) is 0 Å². The van der Waals surface area contributed by atoms with Crippen LogP contribution in [0, 0.1) is 0 Å². The van der Waals surface area contributed by atoms with Crippen molar-refractivity contribution in [2.45, 2.75) is 39.2 Å². The fraction of sp³-hybridized carbons (Fsp3) is 0.280. The Morgan fingerprint density at radius 3 is 2.34 bits per heavy atom. The third-order valence-electron chi connectivity index (χ3n) is 4.72. The standard InChI is InChI=1S/C25H26O4/c1-2-28-25(27)11-7-6-10-24(26)22-13-12-21-17-23(15-14-20(21)16-22)29-18-19-8-4-3-5-9-19/h3-5,8-9,12-17H,2,6-7,10-11,18H2,1H3. The Hall–Kier alpha value is -3.14. The minimum atomic E-state index is -0.198. The Morgan fingerprint density at radius 1 is 0.828 bits per heavy atom. The molecule has 0 bridgehead atoms. The van der Waals surface area contributed by atoms with Gasteiger partial charge in [0.25, 0.3) is 0 Å². The van der Waals surface area contributed by atoms with E-state index >= 15 is 0 Å². The zero-order valence-electron chi connectivity index (χ0n) is 16.7. The van der Waals surface area contributed by atoms with Gasteiger partial charge in [-0.05, 0) is 54.3 Å². The zero-order chi connectivity index (χ0) is 20.5. The number of fused-ring (bicyclic) bond motifs is 1. The quantitative estimate of drug-likeness (QED) is 0.252. The van der Waals surface area contributed by atoms with Crippen molar-refractivity contribution in [2.75, 3.05) is 6.61 Å². The highest BCUT2D eigenvalue weighted by Gasteiger charge is 2.09. The van der Waals surface area contributed by atoms with Gasteiger partial charge < -0.3 is 9.47 Å². The molecule has 3 aromatic carbocycles. The molecule has 0 unspecified atom stereocenters. The molecule has 0 spiro atoms. The maximum atomic E-state index is 12.4. The first kappa shape index (κ1) is 20.6. The monoisotopic (exact) mass is 390 g/mol. The van der Waals surface area contributed by atoms with E-state index in [1.165, 1.54) is 0 Å². The molecule has 4 heteroatoms. The van der Waals surface area contributed by atoms with Gasteiger partial charge in [-0.15, -0.1) is 0 Å². The smallest absolute Gasteiger partial charge is 0.305 e. The molecule has 0 aromatic heterocycles. The van der Waals surface area contributed by atoms with Gasteiger partial charge in [0.05, 0.1) is 6.61 Å². The van der Waals surface area contributed by atoms with E-state index in [4.69, 9.17) is 9.47 Å². The van der Waals surface area contributed by atoms with Crippen LogP contribution < -0.4 is 4.74 Å². The van der Waals surface area contributed by atoms with Crippen molar-refractivity contribution in [1.29, 1.82) is 0 Å². The molecule has 0 N–H and O–H groups in total. The van der Waals surface area contributed by atoms with E-state index in [1.807, 2.05) is 66.7 Å². The number of esters is 1. The van der Waals surface area contributed by atoms with Gasteiger partial charge in [0, 0.05) is 18.4 Å². The van der Waals surface area contributed by atoms with Crippen LogP contribution in [0.25, 0.3) is 10.8 Å². The Morgan fingerprint density at radius 2 is 1.55 bits per heavy atom. The van der Waals surface area contributed by atoms with E-state index in [9.17, 15) is 9.59 Å². The lowest BCUT2D eigenvalue weighted by atomic mass is 10.0. The molecule has 0 amide bonds. The molecule has 0 saturated heterocycles. The van der Waals surface area contributed by atoms with Gasteiger partial charge in [-0.1, -0.05) is 48.5 Å². The minimum Gasteiger partial charge on any atom is -0.489 e. The lowest BCUT2D eigenvalue weighted by Gasteiger charge is -2.08. The molecule has 0 fully saturated rings. The van der Waals surface area contributed by atoms with Gasteiger partial charge in [0.1, 0.15) is 12.4 Å². The van der Waals surface area contributed by atoms with E-state index in [1.54, 1.807) is 6.92 Å². The summed E-state index contributed by atoms with van der Waals surface area (Å²) in [5.41, 5.74) is 1.82. The fourth-order valence-electron chi connectivity index (χ4n) is 3.16. The number of hydrogen-bond acceptors (Lipinski definition) is 4. The van der Waals surface area contributed by atoms with Gasteiger partial charge in [-0.3, -0.25) is 9.59 Å². The highest BCUT2D eigenvalue weighted by atomic mass is 16.5. The number of carbonyl (C=O) groups is 2. The average molecular weight is 390 g/mol. The minimum absolute atomic E-state index is 0.0974. The molecule has 0 aliphatic rings. The summed E-state index contributed by atoms with van der Waals surface area (Å²) in [6, 6.07) is 21.7. The lowest BCUT2D eigenvalue weighted by Crippen LogP contribution is -2.04.